The van der Waals surface area contributed by atoms with Gasteiger partial charge in [-0.05, 0) is 6.92 Å². The zero-order chi connectivity index (χ0) is 9.14. The molecule has 0 spiro atoms. The first-order valence-corrected chi connectivity index (χ1v) is 4.00. The molecule has 1 aromatic rings. The number of methoxy groups -OCH3 is 1. The number of aromatic nitrogens is 1. The van der Waals surface area contributed by atoms with Crippen LogP contribution in [0.15, 0.2) is 5.16 Å². The number of aryl methyl sites for hydroxylation is 1. The Bertz CT molecular complexity index is 308. The fourth-order valence-corrected chi connectivity index (χ4v) is 1.52. The van der Waals surface area contributed by atoms with Crippen molar-refractivity contribution in [3.63, 3.8) is 0 Å². The van der Waals surface area contributed by atoms with Gasteiger partial charge in [0.05, 0.1) is 17.7 Å². The summed E-state index contributed by atoms with van der Waals surface area (Å²) in [5.41, 5.74) is 6.08. The summed E-state index contributed by atoms with van der Waals surface area (Å²) >= 11 is 1.24. The SMILES string of the molecule is COc1nc(C)c(/C(N)=N\O)s1. The lowest BCUT2D eigenvalue weighted by Gasteiger charge is -1.91. The molecule has 0 aromatic carbocycles. The van der Waals surface area contributed by atoms with Gasteiger partial charge in [-0.1, -0.05) is 16.5 Å². The second-order valence-electron chi connectivity index (χ2n) is 2.08. The molecule has 1 rings (SSSR count). The molecule has 1 aromatic heterocycles. The summed E-state index contributed by atoms with van der Waals surface area (Å²) in [5, 5.41) is 11.8. The van der Waals surface area contributed by atoms with Gasteiger partial charge in [0.15, 0.2) is 5.84 Å². The molecule has 3 N–H and O–H groups in total. The quantitative estimate of drug-likeness (QED) is 0.307. The van der Waals surface area contributed by atoms with Crippen molar-refractivity contribution < 1.29 is 9.94 Å². The highest BCUT2D eigenvalue weighted by Gasteiger charge is 2.10. The van der Waals surface area contributed by atoms with E-state index in [0.717, 1.165) is 0 Å². The van der Waals surface area contributed by atoms with E-state index in [1.54, 1.807) is 6.92 Å². The molecule has 0 aliphatic heterocycles. The average molecular weight is 187 g/mol. The molecular weight excluding hydrogens is 178 g/mol. The van der Waals surface area contributed by atoms with Crippen molar-refractivity contribution in [2.24, 2.45) is 10.9 Å². The summed E-state index contributed by atoms with van der Waals surface area (Å²) in [6, 6.07) is 0. The number of hydrogen-bond donors (Lipinski definition) is 2. The van der Waals surface area contributed by atoms with E-state index in [2.05, 4.69) is 10.1 Å². The third-order valence-corrected chi connectivity index (χ3v) is 2.43. The summed E-state index contributed by atoms with van der Waals surface area (Å²) in [4.78, 5) is 4.66. The minimum absolute atomic E-state index is 0.0632. The molecule has 0 unspecified atom stereocenters. The maximum atomic E-state index is 8.40. The number of thiazole rings is 1. The standard InChI is InChI=1S/C6H9N3O2S/c1-3-4(5(7)9-10)12-6(8-3)11-2/h10H,1-2H3,(H2,7,9). The Kier molecular flexibility index (Phi) is 2.49. The van der Waals surface area contributed by atoms with Crippen LogP contribution in [0, 0.1) is 6.92 Å². The van der Waals surface area contributed by atoms with Crippen molar-refractivity contribution in [2.45, 2.75) is 6.92 Å². The van der Waals surface area contributed by atoms with Gasteiger partial charge in [0, 0.05) is 0 Å². The van der Waals surface area contributed by atoms with E-state index in [-0.39, 0.29) is 5.84 Å². The predicted molar refractivity (Wildman–Crippen MR) is 45.9 cm³/mol. The molecule has 66 valence electrons. The Hall–Kier alpha value is -1.30. The number of rotatable bonds is 2. The summed E-state index contributed by atoms with van der Waals surface area (Å²) in [6.07, 6.45) is 0. The molecule has 6 heteroatoms. The van der Waals surface area contributed by atoms with Crippen LogP contribution in [-0.4, -0.2) is 23.1 Å². The van der Waals surface area contributed by atoms with Gasteiger partial charge in [-0.15, -0.1) is 0 Å². The minimum Gasteiger partial charge on any atom is -0.473 e. The Morgan fingerprint density at radius 1 is 1.75 bits per heavy atom. The molecule has 0 fully saturated rings. The summed E-state index contributed by atoms with van der Waals surface area (Å²) in [6.45, 7) is 1.77. The highest BCUT2D eigenvalue weighted by Crippen LogP contribution is 2.23. The number of nitrogens with zero attached hydrogens (tertiary/aromatic N) is 2. The molecule has 0 bridgehead atoms. The van der Waals surface area contributed by atoms with Crippen LogP contribution in [0.25, 0.3) is 0 Å². The molecule has 0 amide bonds. The highest BCUT2D eigenvalue weighted by atomic mass is 32.1. The lowest BCUT2D eigenvalue weighted by atomic mass is 10.4. The van der Waals surface area contributed by atoms with Crippen molar-refractivity contribution in [3.8, 4) is 5.19 Å². The number of hydrogen-bond acceptors (Lipinski definition) is 5. The summed E-state index contributed by atoms with van der Waals surface area (Å²) in [7, 11) is 1.52. The van der Waals surface area contributed by atoms with Gasteiger partial charge in [0.1, 0.15) is 0 Å². The lowest BCUT2D eigenvalue weighted by molar-refractivity contribution is 0.318. The highest BCUT2D eigenvalue weighted by molar-refractivity contribution is 7.15. The van der Waals surface area contributed by atoms with Crippen LogP contribution < -0.4 is 10.5 Å². The van der Waals surface area contributed by atoms with E-state index in [4.69, 9.17) is 15.7 Å². The van der Waals surface area contributed by atoms with Gasteiger partial charge in [0.2, 0.25) is 0 Å². The van der Waals surface area contributed by atoms with Crippen LogP contribution in [0.2, 0.25) is 0 Å². The number of amidine groups is 1. The first kappa shape index (κ1) is 8.79. The topological polar surface area (TPSA) is 80.7 Å². The van der Waals surface area contributed by atoms with Crippen molar-refractivity contribution in [3.05, 3.63) is 10.6 Å². The van der Waals surface area contributed by atoms with Crippen LogP contribution in [0.4, 0.5) is 0 Å². The van der Waals surface area contributed by atoms with Gasteiger partial charge in [0.25, 0.3) is 5.19 Å². The van der Waals surface area contributed by atoms with Crippen molar-refractivity contribution >= 4 is 17.2 Å². The van der Waals surface area contributed by atoms with E-state index >= 15 is 0 Å². The van der Waals surface area contributed by atoms with Crippen molar-refractivity contribution in [1.82, 2.24) is 4.98 Å². The van der Waals surface area contributed by atoms with E-state index in [0.29, 0.717) is 15.8 Å². The third-order valence-electron chi connectivity index (χ3n) is 1.29. The molecule has 0 saturated carbocycles. The Labute approximate surface area is 73.5 Å². The fraction of sp³-hybridized carbons (Fsp3) is 0.333. The zero-order valence-electron chi connectivity index (χ0n) is 6.74. The maximum absolute atomic E-state index is 8.40. The molecular formula is C6H9N3O2S. The first-order valence-electron chi connectivity index (χ1n) is 3.18. The molecule has 12 heavy (non-hydrogen) atoms. The second-order valence-corrected chi connectivity index (χ2v) is 3.05. The molecule has 0 aliphatic carbocycles. The zero-order valence-corrected chi connectivity index (χ0v) is 7.55. The molecule has 0 saturated heterocycles. The van der Waals surface area contributed by atoms with Crippen LogP contribution in [0.3, 0.4) is 0 Å². The van der Waals surface area contributed by atoms with Crippen molar-refractivity contribution in [2.75, 3.05) is 7.11 Å². The second kappa shape index (κ2) is 3.40. The average Bonchev–Trinajstić information content (AvgIpc) is 2.45. The monoisotopic (exact) mass is 187 g/mol. The summed E-state index contributed by atoms with van der Waals surface area (Å²) < 4.78 is 4.89. The maximum Gasteiger partial charge on any atom is 0.273 e. The largest absolute Gasteiger partial charge is 0.473 e. The van der Waals surface area contributed by atoms with Gasteiger partial charge in [-0.3, -0.25) is 0 Å². The fourth-order valence-electron chi connectivity index (χ4n) is 0.742. The van der Waals surface area contributed by atoms with Gasteiger partial charge in [-0.25, -0.2) is 4.98 Å². The van der Waals surface area contributed by atoms with Crippen LogP contribution in [0.5, 0.6) is 5.19 Å². The van der Waals surface area contributed by atoms with E-state index < -0.39 is 0 Å². The number of nitrogens with two attached hydrogens (primary N) is 1. The van der Waals surface area contributed by atoms with Gasteiger partial charge < -0.3 is 15.7 Å². The smallest absolute Gasteiger partial charge is 0.273 e. The Balaban J connectivity index is 3.08. The first-order chi connectivity index (χ1) is 5.69. The minimum atomic E-state index is 0.0632. The van der Waals surface area contributed by atoms with Gasteiger partial charge in [-0.2, -0.15) is 0 Å². The van der Waals surface area contributed by atoms with E-state index in [1.807, 2.05) is 0 Å². The Morgan fingerprint density at radius 2 is 2.42 bits per heavy atom. The molecule has 0 atom stereocenters. The van der Waals surface area contributed by atoms with Crippen LogP contribution >= 0.6 is 11.3 Å². The number of ether oxygens (including phenoxy) is 1. The van der Waals surface area contributed by atoms with Crippen LogP contribution in [0.1, 0.15) is 10.6 Å². The van der Waals surface area contributed by atoms with Crippen LogP contribution in [-0.2, 0) is 0 Å². The van der Waals surface area contributed by atoms with E-state index in [1.165, 1.54) is 18.4 Å². The van der Waals surface area contributed by atoms with Gasteiger partial charge >= 0.3 is 0 Å². The predicted octanol–water partition coefficient (Wildman–Crippen LogP) is 0.555. The third kappa shape index (κ3) is 1.48. The lowest BCUT2D eigenvalue weighted by Crippen LogP contribution is -2.12. The van der Waals surface area contributed by atoms with E-state index in [9.17, 15) is 0 Å². The normalized spacial score (nSPS) is 11.7. The van der Waals surface area contributed by atoms with Crippen molar-refractivity contribution in [1.29, 1.82) is 0 Å². The molecule has 1 heterocycles. The molecule has 0 radical (unpaired) electrons. The number of oxime groups is 1. The summed E-state index contributed by atoms with van der Waals surface area (Å²) in [5.74, 6) is 0.0632. The molecule has 0 aliphatic rings. The Morgan fingerprint density at radius 3 is 2.83 bits per heavy atom. The molecule has 5 nitrogen and oxygen atoms in total.